The molecular formula is C10H9N2O2S+. The number of H-pyrrole nitrogens is 1. The first-order chi connectivity index (χ1) is 7.20. The maximum Gasteiger partial charge on any atom is 0.390 e. The van der Waals surface area contributed by atoms with Crippen molar-refractivity contribution < 1.29 is 9.36 Å². The smallest absolute Gasteiger partial charge is 0.297 e. The van der Waals surface area contributed by atoms with Gasteiger partial charge in [-0.2, -0.15) is 4.98 Å². The number of aryl methyl sites for hydroxylation is 1. The van der Waals surface area contributed by atoms with E-state index in [1.807, 2.05) is 19.1 Å². The topological polar surface area (TPSA) is 53.8 Å². The summed E-state index contributed by atoms with van der Waals surface area (Å²) in [6, 6.07) is 3.81. The molecule has 0 aromatic carbocycles. The van der Waals surface area contributed by atoms with E-state index < -0.39 is 0 Å². The summed E-state index contributed by atoms with van der Waals surface area (Å²) in [7, 11) is 0. The molecule has 4 nitrogen and oxygen atoms in total. The van der Waals surface area contributed by atoms with Crippen LogP contribution in [-0.2, 0) is 0 Å². The number of nitrogens with zero attached hydrogens (tertiary/aromatic N) is 1. The van der Waals surface area contributed by atoms with Crippen molar-refractivity contribution in [2.75, 3.05) is 0 Å². The van der Waals surface area contributed by atoms with E-state index in [1.165, 1.54) is 0 Å². The van der Waals surface area contributed by atoms with Gasteiger partial charge in [0, 0.05) is 0 Å². The summed E-state index contributed by atoms with van der Waals surface area (Å²) in [5.41, 5.74) is 1.12. The van der Waals surface area contributed by atoms with Crippen molar-refractivity contribution >= 4 is 17.6 Å². The third-order valence-electron chi connectivity index (χ3n) is 2.02. The summed E-state index contributed by atoms with van der Waals surface area (Å²) >= 11 is 0.913. The SMILES string of the molecule is Cc1cc[n+](-c2[nH]c(=O)sc2C=O)cc1. The van der Waals surface area contributed by atoms with E-state index in [2.05, 4.69) is 4.98 Å². The number of aromatic nitrogens is 2. The van der Waals surface area contributed by atoms with Gasteiger partial charge in [0.2, 0.25) is 0 Å². The Morgan fingerprint density at radius 3 is 2.67 bits per heavy atom. The molecule has 1 N–H and O–H groups in total. The first-order valence-corrected chi connectivity index (χ1v) is 5.19. The average Bonchev–Trinajstić information content (AvgIpc) is 2.61. The molecule has 0 unspecified atom stereocenters. The predicted molar refractivity (Wildman–Crippen MR) is 56.6 cm³/mol. The largest absolute Gasteiger partial charge is 0.390 e. The summed E-state index contributed by atoms with van der Waals surface area (Å²) in [6.07, 6.45) is 4.30. The number of thiazole rings is 1. The van der Waals surface area contributed by atoms with Crippen LogP contribution >= 0.6 is 11.3 Å². The van der Waals surface area contributed by atoms with Gasteiger partial charge in [-0.3, -0.25) is 4.79 Å². The number of aromatic amines is 1. The molecule has 0 spiro atoms. The van der Waals surface area contributed by atoms with Crippen LogP contribution in [0.5, 0.6) is 0 Å². The third kappa shape index (κ3) is 1.87. The van der Waals surface area contributed by atoms with Gasteiger partial charge in [-0.15, -0.1) is 0 Å². The van der Waals surface area contributed by atoms with E-state index in [4.69, 9.17) is 0 Å². The van der Waals surface area contributed by atoms with E-state index in [-0.39, 0.29) is 4.87 Å². The highest BCUT2D eigenvalue weighted by atomic mass is 32.1. The van der Waals surface area contributed by atoms with Gasteiger partial charge in [-0.05, 0) is 36.0 Å². The molecule has 2 aromatic rings. The van der Waals surface area contributed by atoms with Crippen molar-refractivity contribution in [1.29, 1.82) is 0 Å². The van der Waals surface area contributed by atoms with Gasteiger partial charge in [0.25, 0.3) is 0 Å². The van der Waals surface area contributed by atoms with Crippen LogP contribution in [0.15, 0.2) is 29.3 Å². The van der Waals surface area contributed by atoms with Crippen LogP contribution in [0.2, 0.25) is 0 Å². The van der Waals surface area contributed by atoms with Crippen molar-refractivity contribution in [2.24, 2.45) is 0 Å². The molecule has 0 aliphatic rings. The van der Waals surface area contributed by atoms with Gasteiger partial charge in [0.15, 0.2) is 11.2 Å². The lowest BCUT2D eigenvalue weighted by atomic mass is 10.3. The van der Waals surface area contributed by atoms with Crippen molar-refractivity contribution in [1.82, 2.24) is 4.98 Å². The Morgan fingerprint density at radius 2 is 2.07 bits per heavy atom. The van der Waals surface area contributed by atoms with Crippen molar-refractivity contribution in [3.05, 3.63) is 44.6 Å². The number of hydrogen-bond acceptors (Lipinski definition) is 3. The number of pyridine rings is 1. The molecule has 2 heterocycles. The Labute approximate surface area is 89.8 Å². The van der Waals surface area contributed by atoms with E-state index in [9.17, 15) is 9.59 Å². The Kier molecular flexibility index (Phi) is 2.47. The fourth-order valence-corrected chi connectivity index (χ4v) is 1.90. The standard InChI is InChI=1S/C10H8N2O2S/c1-7-2-4-12(5-3-7)9-8(6-13)15-10(14)11-9/h2-6H,1H3/p+1. The fraction of sp³-hybridized carbons (Fsp3) is 0.100. The van der Waals surface area contributed by atoms with Crippen LogP contribution in [0.4, 0.5) is 0 Å². The lowest BCUT2D eigenvalue weighted by molar-refractivity contribution is -0.599. The molecule has 0 aliphatic heterocycles. The molecule has 0 saturated heterocycles. The zero-order valence-electron chi connectivity index (χ0n) is 8.06. The van der Waals surface area contributed by atoms with Gasteiger partial charge in [-0.25, -0.2) is 9.36 Å². The molecule has 0 fully saturated rings. The zero-order chi connectivity index (χ0) is 10.8. The van der Waals surface area contributed by atoms with Crippen LogP contribution in [0.1, 0.15) is 15.2 Å². The molecular weight excluding hydrogens is 212 g/mol. The van der Waals surface area contributed by atoms with Gasteiger partial charge in [0.05, 0.1) is 12.4 Å². The molecule has 76 valence electrons. The third-order valence-corrected chi connectivity index (χ3v) is 2.81. The van der Waals surface area contributed by atoms with Crippen molar-refractivity contribution in [2.45, 2.75) is 6.92 Å². The molecule has 0 amide bonds. The van der Waals surface area contributed by atoms with Crippen LogP contribution in [0.25, 0.3) is 5.82 Å². The summed E-state index contributed by atoms with van der Waals surface area (Å²) in [5.74, 6) is 0.528. The second-order valence-corrected chi connectivity index (χ2v) is 4.14. The van der Waals surface area contributed by atoms with Crippen LogP contribution in [0, 0.1) is 6.92 Å². The highest BCUT2D eigenvalue weighted by molar-refractivity contribution is 7.11. The molecule has 2 aromatic heterocycles. The Balaban J connectivity index is 2.57. The quantitative estimate of drug-likeness (QED) is 0.603. The van der Waals surface area contributed by atoms with Gasteiger partial charge >= 0.3 is 10.7 Å². The lowest BCUT2D eigenvalue weighted by Gasteiger charge is -1.95. The molecule has 0 saturated carbocycles. The van der Waals surface area contributed by atoms with Gasteiger partial charge in [-0.1, -0.05) is 0 Å². The Hall–Kier alpha value is -1.75. The summed E-state index contributed by atoms with van der Waals surface area (Å²) < 4.78 is 1.72. The summed E-state index contributed by atoms with van der Waals surface area (Å²) in [4.78, 5) is 24.6. The molecule has 15 heavy (non-hydrogen) atoms. The van der Waals surface area contributed by atoms with Gasteiger partial charge in [0.1, 0.15) is 0 Å². The zero-order valence-corrected chi connectivity index (χ0v) is 8.88. The second kappa shape index (κ2) is 3.78. The summed E-state index contributed by atoms with van der Waals surface area (Å²) in [5, 5.41) is 0. The normalized spacial score (nSPS) is 10.2. The van der Waals surface area contributed by atoms with Crippen molar-refractivity contribution in [3.63, 3.8) is 0 Å². The van der Waals surface area contributed by atoms with Crippen molar-refractivity contribution in [3.8, 4) is 5.82 Å². The highest BCUT2D eigenvalue weighted by Gasteiger charge is 2.16. The minimum atomic E-state index is -0.222. The predicted octanol–water partition coefficient (Wildman–Crippen LogP) is 0.834. The molecule has 0 atom stereocenters. The molecule has 2 rings (SSSR count). The lowest BCUT2D eigenvalue weighted by Crippen LogP contribution is -2.31. The number of carbonyl (C=O) groups excluding carboxylic acids is 1. The van der Waals surface area contributed by atoms with E-state index in [0.717, 1.165) is 16.9 Å². The number of carbonyl (C=O) groups is 1. The maximum absolute atomic E-state index is 11.1. The number of aldehydes is 1. The Morgan fingerprint density at radius 1 is 1.40 bits per heavy atom. The maximum atomic E-state index is 11.1. The van der Waals surface area contributed by atoms with Crippen LogP contribution in [0.3, 0.4) is 0 Å². The first kappa shape index (κ1) is 9.79. The average molecular weight is 221 g/mol. The molecule has 0 bridgehead atoms. The number of nitrogens with one attached hydrogen (secondary N) is 1. The van der Waals surface area contributed by atoms with Crippen LogP contribution < -0.4 is 9.44 Å². The van der Waals surface area contributed by atoms with Crippen LogP contribution in [-0.4, -0.2) is 11.3 Å². The molecule has 5 heteroatoms. The van der Waals surface area contributed by atoms with E-state index >= 15 is 0 Å². The summed E-state index contributed by atoms with van der Waals surface area (Å²) in [6.45, 7) is 1.97. The monoisotopic (exact) mass is 221 g/mol. The minimum Gasteiger partial charge on any atom is -0.297 e. The van der Waals surface area contributed by atoms with E-state index in [1.54, 1.807) is 17.0 Å². The minimum absolute atomic E-state index is 0.222. The Bertz CT molecular complexity index is 539. The fourth-order valence-electron chi connectivity index (χ4n) is 1.25. The molecule has 0 aliphatic carbocycles. The molecule has 0 radical (unpaired) electrons. The van der Waals surface area contributed by atoms with E-state index in [0.29, 0.717) is 17.0 Å². The number of rotatable bonds is 2. The number of hydrogen-bond donors (Lipinski definition) is 1. The second-order valence-electron chi connectivity index (χ2n) is 3.13. The highest BCUT2D eigenvalue weighted by Crippen LogP contribution is 2.05. The first-order valence-electron chi connectivity index (χ1n) is 4.37. The van der Waals surface area contributed by atoms with Gasteiger partial charge < -0.3 is 0 Å².